The molecule has 1 aliphatic carbocycles. The van der Waals surface area contributed by atoms with Gasteiger partial charge in [0.15, 0.2) is 0 Å². The summed E-state index contributed by atoms with van der Waals surface area (Å²) in [5.41, 5.74) is 0. The summed E-state index contributed by atoms with van der Waals surface area (Å²) in [6.07, 6.45) is 2.78. The Kier molecular flexibility index (Phi) is 2.05. The number of fused-ring (bicyclic) bond motifs is 2. The lowest BCUT2D eigenvalue weighted by atomic mass is 9.90. The number of hydrogen-bond donors (Lipinski definition) is 2. The Morgan fingerprint density at radius 1 is 0.833 bits per heavy atom. The van der Waals surface area contributed by atoms with Crippen molar-refractivity contribution < 1.29 is 0 Å². The molecule has 4 atom stereocenters. The molecule has 3 aliphatic rings. The van der Waals surface area contributed by atoms with Gasteiger partial charge in [-0.15, -0.1) is 23.5 Å². The van der Waals surface area contributed by atoms with Crippen LogP contribution in [0.4, 0.5) is 0 Å². The average Bonchev–Trinajstić information content (AvgIpc) is 2.64. The van der Waals surface area contributed by atoms with Crippen LogP contribution < -0.4 is 10.6 Å². The molecule has 3 fully saturated rings. The van der Waals surface area contributed by atoms with Gasteiger partial charge in [0.05, 0.1) is 0 Å². The molecular weight excluding hydrogens is 188 g/mol. The molecule has 12 heavy (non-hydrogen) atoms. The van der Waals surface area contributed by atoms with Crippen molar-refractivity contribution >= 4 is 23.5 Å². The number of thioether (sulfide) groups is 2. The molecule has 2 N–H and O–H groups in total. The molecule has 0 spiro atoms. The fraction of sp³-hybridized carbons (Fsp3) is 1.00. The van der Waals surface area contributed by atoms with E-state index in [1.54, 1.807) is 0 Å². The molecule has 0 aromatic rings. The summed E-state index contributed by atoms with van der Waals surface area (Å²) in [6, 6.07) is 1.65. The maximum Gasteiger partial charge on any atom is 0.0423 e. The minimum Gasteiger partial charge on any atom is -0.304 e. The van der Waals surface area contributed by atoms with Gasteiger partial charge in [0.1, 0.15) is 0 Å². The molecule has 0 aromatic heterocycles. The van der Waals surface area contributed by atoms with Crippen LogP contribution in [-0.4, -0.2) is 34.3 Å². The van der Waals surface area contributed by atoms with E-state index >= 15 is 0 Å². The van der Waals surface area contributed by atoms with Gasteiger partial charge in [-0.05, 0) is 12.8 Å². The Labute approximate surface area is 81.6 Å². The second kappa shape index (κ2) is 3.08. The van der Waals surface area contributed by atoms with Crippen molar-refractivity contribution in [2.24, 2.45) is 0 Å². The third kappa shape index (κ3) is 1.20. The van der Waals surface area contributed by atoms with Gasteiger partial charge in [-0.3, -0.25) is 0 Å². The summed E-state index contributed by atoms with van der Waals surface area (Å²) in [5, 5.41) is 8.99. The largest absolute Gasteiger partial charge is 0.304 e. The molecule has 2 saturated heterocycles. The van der Waals surface area contributed by atoms with Crippen molar-refractivity contribution in [1.82, 2.24) is 10.6 Å². The van der Waals surface area contributed by atoms with Gasteiger partial charge in [0.2, 0.25) is 0 Å². The quantitative estimate of drug-likeness (QED) is 0.608. The first-order chi connectivity index (χ1) is 5.93. The van der Waals surface area contributed by atoms with E-state index in [2.05, 4.69) is 34.2 Å². The molecule has 3 rings (SSSR count). The summed E-state index contributed by atoms with van der Waals surface area (Å²) in [7, 11) is 0. The van der Waals surface area contributed by atoms with E-state index in [0.717, 1.165) is 22.6 Å². The molecule has 4 heteroatoms. The van der Waals surface area contributed by atoms with Gasteiger partial charge < -0.3 is 10.6 Å². The van der Waals surface area contributed by atoms with Gasteiger partial charge in [0, 0.05) is 34.3 Å². The van der Waals surface area contributed by atoms with Gasteiger partial charge in [-0.1, -0.05) is 0 Å². The Hall–Kier alpha value is 0.620. The highest BCUT2D eigenvalue weighted by Gasteiger charge is 2.41. The molecule has 0 aromatic carbocycles. The van der Waals surface area contributed by atoms with Crippen LogP contribution in [0.25, 0.3) is 0 Å². The molecule has 0 radical (unpaired) electrons. The van der Waals surface area contributed by atoms with E-state index in [1.807, 2.05) is 0 Å². The van der Waals surface area contributed by atoms with Crippen molar-refractivity contribution in [3.05, 3.63) is 0 Å². The van der Waals surface area contributed by atoms with Crippen LogP contribution in [0.15, 0.2) is 0 Å². The van der Waals surface area contributed by atoms with E-state index in [-0.39, 0.29) is 0 Å². The van der Waals surface area contributed by atoms with Crippen molar-refractivity contribution in [1.29, 1.82) is 0 Å². The molecule has 68 valence electrons. The van der Waals surface area contributed by atoms with Gasteiger partial charge >= 0.3 is 0 Å². The minimum absolute atomic E-state index is 0.823. The maximum atomic E-state index is 3.59. The Balaban J connectivity index is 1.75. The fourth-order valence-electron chi connectivity index (χ4n) is 2.45. The van der Waals surface area contributed by atoms with Crippen LogP contribution in [0.5, 0.6) is 0 Å². The van der Waals surface area contributed by atoms with E-state index in [0.29, 0.717) is 0 Å². The zero-order valence-electron chi connectivity index (χ0n) is 6.95. The molecule has 4 unspecified atom stereocenters. The van der Waals surface area contributed by atoms with Crippen LogP contribution in [-0.2, 0) is 0 Å². The smallest absolute Gasteiger partial charge is 0.0423 e. The van der Waals surface area contributed by atoms with Crippen LogP contribution in [0, 0.1) is 0 Å². The highest BCUT2D eigenvalue weighted by molar-refractivity contribution is 8.00. The molecule has 1 saturated carbocycles. The normalized spacial score (nSPS) is 52.0. The molecule has 2 heterocycles. The first kappa shape index (κ1) is 7.97. The number of hydrogen-bond acceptors (Lipinski definition) is 4. The van der Waals surface area contributed by atoms with Crippen LogP contribution in [0.3, 0.4) is 0 Å². The molecule has 2 aliphatic heterocycles. The average molecular weight is 202 g/mol. The maximum absolute atomic E-state index is 3.59. The van der Waals surface area contributed by atoms with E-state index in [4.69, 9.17) is 0 Å². The zero-order chi connectivity index (χ0) is 7.97. The van der Waals surface area contributed by atoms with Crippen molar-refractivity contribution in [3.63, 3.8) is 0 Å². The van der Waals surface area contributed by atoms with Crippen LogP contribution >= 0.6 is 23.5 Å². The summed E-state index contributed by atoms with van der Waals surface area (Å²) >= 11 is 4.23. The third-order valence-corrected chi connectivity index (χ3v) is 5.72. The summed E-state index contributed by atoms with van der Waals surface area (Å²) in [6.45, 7) is 0. The molecule has 2 nitrogen and oxygen atoms in total. The predicted molar refractivity (Wildman–Crippen MR) is 55.6 cm³/mol. The summed E-state index contributed by atoms with van der Waals surface area (Å²) in [4.78, 5) is 0. The topological polar surface area (TPSA) is 24.1 Å². The van der Waals surface area contributed by atoms with E-state index in [1.165, 1.54) is 24.6 Å². The SMILES string of the molecule is C1NC2CC3SCNC3CC2S1. The first-order valence-corrected chi connectivity index (χ1v) is 6.73. The molecule has 0 amide bonds. The van der Waals surface area contributed by atoms with Crippen molar-refractivity contribution in [3.8, 4) is 0 Å². The number of rotatable bonds is 0. The Morgan fingerprint density at radius 2 is 1.33 bits per heavy atom. The Morgan fingerprint density at radius 3 is 1.83 bits per heavy atom. The van der Waals surface area contributed by atoms with Gasteiger partial charge in [-0.25, -0.2) is 0 Å². The summed E-state index contributed by atoms with van der Waals surface area (Å²) < 4.78 is 0. The van der Waals surface area contributed by atoms with Gasteiger partial charge in [-0.2, -0.15) is 0 Å². The Bertz CT molecular complexity index is 152. The highest BCUT2D eigenvalue weighted by Crippen LogP contribution is 2.39. The molecule has 0 bridgehead atoms. The summed E-state index contributed by atoms with van der Waals surface area (Å²) in [5.74, 6) is 2.36. The monoisotopic (exact) mass is 202 g/mol. The van der Waals surface area contributed by atoms with Gasteiger partial charge in [0.25, 0.3) is 0 Å². The van der Waals surface area contributed by atoms with E-state index in [9.17, 15) is 0 Å². The van der Waals surface area contributed by atoms with Crippen LogP contribution in [0.1, 0.15) is 12.8 Å². The van der Waals surface area contributed by atoms with Crippen LogP contribution in [0.2, 0.25) is 0 Å². The predicted octanol–water partition coefficient (Wildman–Crippen LogP) is 0.842. The second-order valence-corrected chi connectivity index (χ2v) is 6.25. The standard InChI is InChI=1S/C8H14N2S2/c1-5-8(12-3-9-5)2-6-7(1)11-4-10-6/h5-10H,1-4H2. The third-order valence-electron chi connectivity index (χ3n) is 3.16. The lowest BCUT2D eigenvalue weighted by molar-refractivity contribution is 0.369. The molecular formula is C8H14N2S2. The van der Waals surface area contributed by atoms with Crippen molar-refractivity contribution in [2.45, 2.75) is 35.4 Å². The lowest BCUT2D eigenvalue weighted by Crippen LogP contribution is -2.46. The highest BCUT2D eigenvalue weighted by atomic mass is 32.2. The fourth-order valence-corrected chi connectivity index (χ4v) is 5.07. The lowest BCUT2D eigenvalue weighted by Gasteiger charge is -2.32. The zero-order valence-corrected chi connectivity index (χ0v) is 8.59. The second-order valence-electron chi connectivity index (χ2n) is 3.79. The minimum atomic E-state index is 0.823. The first-order valence-electron chi connectivity index (χ1n) is 4.63. The number of nitrogens with one attached hydrogen (secondary N) is 2. The van der Waals surface area contributed by atoms with E-state index < -0.39 is 0 Å². The van der Waals surface area contributed by atoms with Crippen molar-refractivity contribution in [2.75, 3.05) is 11.8 Å².